The molecule has 0 aromatic heterocycles. The standard InChI is InChI=1S/C18H32O16/c19-1-4-7(21)10(24)12(26)17(32-4)30-3-6-8(22)11(25)13(27)18(33-6)34-15-9(23)5(2-20)31-16(29)14(15)28/h4-29H,1-3H2/t4-,5-,6-,7-,8-,9-,10+,11+,12-,13-,14-,15+,16-,17-,18+/m0/s1. The number of ether oxygens (including phenoxy) is 5. The van der Waals surface area contributed by atoms with Crippen LogP contribution >= 0.6 is 0 Å². The Morgan fingerprint density at radius 1 is 0.500 bits per heavy atom. The molecule has 0 spiro atoms. The average molecular weight is 504 g/mol. The van der Waals surface area contributed by atoms with Crippen LogP contribution in [-0.4, -0.2) is 168 Å². The van der Waals surface area contributed by atoms with E-state index in [1.165, 1.54) is 0 Å². The predicted molar refractivity (Wildman–Crippen MR) is 101 cm³/mol. The first-order valence-electron chi connectivity index (χ1n) is 10.6. The van der Waals surface area contributed by atoms with E-state index in [1.807, 2.05) is 0 Å². The van der Waals surface area contributed by atoms with Crippen molar-refractivity contribution in [3.05, 3.63) is 0 Å². The summed E-state index contributed by atoms with van der Waals surface area (Å²) in [7, 11) is 0. The number of aliphatic hydroxyl groups excluding tert-OH is 11. The quantitative estimate of drug-likeness (QED) is 0.154. The third-order valence-electron chi connectivity index (χ3n) is 6.07. The van der Waals surface area contributed by atoms with Crippen LogP contribution in [0.15, 0.2) is 0 Å². The summed E-state index contributed by atoms with van der Waals surface area (Å²) in [6.07, 6.45) is -25.0. The molecule has 3 rings (SSSR count). The third-order valence-corrected chi connectivity index (χ3v) is 6.07. The van der Waals surface area contributed by atoms with Gasteiger partial charge in [-0.25, -0.2) is 0 Å². The lowest BCUT2D eigenvalue weighted by atomic mass is 9.97. The van der Waals surface area contributed by atoms with Crippen molar-refractivity contribution in [2.75, 3.05) is 19.8 Å². The van der Waals surface area contributed by atoms with Crippen LogP contribution in [-0.2, 0) is 23.7 Å². The van der Waals surface area contributed by atoms with Crippen LogP contribution in [0.5, 0.6) is 0 Å². The topological polar surface area (TPSA) is 269 Å². The molecule has 3 aliphatic rings. The highest BCUT2D eigenvalue weighted by Crippen LogP contribution is 2.29. The molecule has 16 nitrogen and oxygen atoms in total. The van der Waals surface area contributed by atoms with Gasteiger partial charge in [0.1, 0.15) is 73.2 Å². The van der Waals surface area contributed by atoms with E-state index < -0.39 is 112 Å². The van der Waals surface area contributed by atoms with E-state index in [1.54, 1.807) is 0 Å². The van der Waals surface area contributed by atoms with Crippen LogP contribution in [0.1, 0.15) is 0 Å². The minimum Gasteiger partial charge on any atom is -0.394 e. The Hall–Kier alpha value is -0.640. The van der Waals surface area contributed by atoms with Crippen molar-refractivity contribution in [1.82, 2.24) is 0 Å². The molecule has 0 saturated carbocycles. The van der Waals surface area contributed by atoms with Crippen LogP contribution in [0.4, 0.5) is 0 Å². The fourth-order valence-electron chi connectivity index (χ4n) is 3.94. The van der Waals surface area contributed by atoms with Crippen LogP contribution in [0.25, 0.3) is 0 Å². The molecule has 3 aliphatic heterocycles. The van der Waals surface area contributed by atoms with Gasteiger partial charge in [-0.05, 0) is 0 Å². The van der Waals surface area contributed by atoms with Gasteiger partial charge in [0.25, 0.3) is 0 Å². The Kier molecular flexibility index (Phi) is 9.54. The maximum atomic E-state index is 10.3. The molecule has 200 valence electrons. The molecule has 34 heavy (non-hydrogen) atoms. The molecule has 0 aromatic carbocycles. The molecule has 0 unspecified atom stereocenters. The molecular formula is C18H32O16. The van der Waals surface area contributed by atoms with Crippen molar-refractivity contribution in [3.8, 4) is 0 Å². The van der Waals surface area contributed by atoms with Crippen molar-refractivity contribution < 1.29 is 79.9 Å². The second-order valence-electron chi connectivity index (χ2n) is 8.37. The summed E-state index contributed by atoms with van der Waals surface area (Å²) in [5.74, 6) is 0. The first-order valence-corrected chi connectivity index (χ1v) is 10.6. The van der Waals surface area contributed by atoms with Gasteiger partial charge in [-0.2, -0.15) is 0 Å². The van der Waals surface area contributed by atoms with E-state index in [0.717, 1.165) is 0 Å². The minimum atomic E-state index is -1.88. The zero-order valence-electron chi connectivity index (χ0n) is 17.7. The highest BCUT2D eigenvalue weighted by molar-refractivity contribution is 4.94. The van der Waals surface area contributed by atoms with Crippen molar-refractivity contribution in [3.63, 3.8) is 0 Å². The van der Waals surface area contributed by atoms with E-state index >= 15 is 0 Å². The number of aliphatic hydroxyl groups is 11. The number of hydrogen-bond donors (Lipinski definition) is 11. The zero-order valence-corrected chi connectivity index (χ0v) is 17.7. The first kappa shape index (κ1) is 27.9. The van der Waals surface area contributed by atoms with Gasteiger partial charge in [0.05, 0.1) is 19.8 Å². The highest BCUT2D eigenvalue weighted by atomic mass is 16.7. The van der Waals surface area contributed by atoms with Gasteiger partial charge in [0, 0.05) is 0 Å². The molecule has 0 amide bonds. The van der Waals surface area contributed by atoms with Crippen LogP contribution < -0.4 is 0 Å². The second kappa shape index (κ2) is 11.6. The Bertz CT molecular complexity index is 639. The van der Waals surface area contributed by atoms with E-state index in [2.05, 4.69) is 0 Å². The largest absolute Gasteiger partial charge is 0.394 e. The van der Waals surface area contributed by atoms with Gasteiger partial charge in [0.15, 0.2) is 18.9 Å². The van der Waals surface area contributed by atoms with E-state index in [-0.39, 0.29) is 0 Å². The Morgan fingerprint density at radius 3 is 1.59 bits per heavy atom. The molecule has 3 saturated heterocycles. The molecule has 15 atom stereocenters. The first-order chi connectivity index (χ1) is 16.0. The summed E-state index contributed by atoms with van der Waals surface area (Å²) in [5.41, 5.74) is 0. The lowest BCUT2D eigenvalue weighted by Gasteiger charge is -2.45. The highest BCUT2D eigenvalue weighted by Gasteiger charge is 2.51. The molecular weight excluding hydrogens is 472 g/mol. The number of rotatable bonds is 7. The third kappa shape index (κ3) is 5.52. The van der Waals surface area contributed by atoms with Crippen LogP contribution in [0.2, 0.25) is 0 Å². The molecule has 0 aliphatic carbocycles. The summed E-state index contributed by atoms with van der Waals surface area (Å²) in [6, 6.07) is 0. The molecule has 16 heteroatoms. The van der Waals surface area contributed by atoms with Crippen molar-refractivity contribution in [1.29, 1.82) is 0 Å². The molecule has 0 bridgehead atoms. The minimum absolute atomic E-state index is 0.617. The predicted octanol–water partition coefficient (Wildman–Crippen LogP) is -7.57. The normalized spacial score (nSPS) is 52.5. The molecule has 11 N–H and O–H groups in total. The van der Waals surface area contributed by atoms with Crippen molar-refractivity contribution in [2.45, 2.75) is 92.1 Å². The summed E-state index contributed by atoms with van der Waals surface area (Å²) in [5, 5.41) is 109. The zero-order chi connectivity index (χ0) is 25.3. The number of hydrogen-bond acceptors (Lipinski definition) is 16. The second-order valence-corrected chi connectivity index (χ2v) is 8.37. The van der Waals surface area contributed by atoms with Gasteiger partial charge in [-0.15, -0.1) is 0 Å². The maximum Gasteiger partial charge on any atom is 0.187 e. The molecule has 0 aromatic rings. The van der Waals surface area contributed by atoms with E-state index in [9.17, 15) is 56.2 Å². The Labute approximate surface area is 192 Å². The van der Waals surface area contributed by atoms with Gasteiger partial charge < -0.3 is 79.9 Å². The van der Waals surface area contributed by atoms with Crippen LogP contribution in [0.3, 0.4) is 0 Å². The maximum absolute atomic E-state index is 10.3. The molecule has 3 heterocycles. The van der Waals surface area contributed by atoms with Gasteiger partial charge in [-0.1, -0.05) is 0 Å². The smallest absolute Gasteiger partial charge is 0.187 e. The van der Waals surface area contributed by atoms with Crippen molar-refractivity contribution >= 4 is 0 Å². The molecule has 3 fully saturated rings. The summed E-state index contributed by atoms with van der Waals surface area (Å²) in [4.78, 5) is 0. The summed E-state index contributed by atoms with van der Waals surface area (Å²) in [6.45, 7) is -2.06. The lowest BCUT2D eigenvalue weighted by Crippen LogP contribution is -2.65. The fourth-order valence-corrected chi connectivity index (χ4v) is 3.94. The van der Waals surface area contributed by atoms with Gasteiger partial charge in [-0.3, -0.25) is 0 Å². The fraction of sp³-hybridized carbons (Fsp3) is 1.00. The van der Waals surface area contributed by atoms with E-state index in [4.69, 9.17) is 23.7 Å². The van der Waals surface area contributed by atoms with Crippen molar-refractivity contribution in [2.24, 2.45) is 0 Å². The Balaban J connectivity index is 1.66. The Morgan fingerprint density at radius 2 is 1.00 bits per heavy atom. The van der Waals surface area contributed by atoms with Gasteiger partial charge >= 0.3 is 0 Å². The van der Waals surface area contributed by atoms with Gasteiger partial charge in [0.2, 0.25) is 0 Å². The molecule has 0 radical (unpaired) electrons. The SMILES string of the molecule is OC[C@@H]1O[C@H](OC[C@@H]2O[C@H](O[C@@H]3[C@@H](O)[C@H](CO)O[C@H](O)[C@H]3O)[C@@H](O)[C@H](O)[C@H]2O)[C@@H](O)[C@H](O)[C@H]1O. The summed E-state index contributed by atoms with van der Waals surface area (Å²) >= 11 is 0. The summed E-state index contributed by atoms with van der Waals surface area (Å²) < 4.78 is 26.1. The lowest BCUT2D eigenvalue weighted by molar-refractivity contribution is -0.362. The van der Waals surface area contributed by atoms with E-state index in [0.29, 0.717) is 0 Å². The van der Waals surface area contributed by atoms with Crippen LogP contribution in [0, 0.1) is 0 Å². The average Bonchev–Trinajstić information content (AvgIpc) is 2.82. The monoisotopic (exact) mass is 504 g/mol.